The van der Waals surface area contributed by atoms with Crippen molar-refractivity contribution in [1.82, 2.24) is 9.80 Å². The van der Waals surface area contributed by atoms with Crippen molar-refractivity contribution >= 4 is 0 Å². The Bertz CT molecular complexity index is 534. The highest BCUT2D eigenvalue weighted by Gasteiger charge is 2.08. The van der Waals surface area contributed by atoms with E-state index in [4.69, 9.17) is 0 Å². The second kappa shape index (κ2) is 7.96. The summed E-state index contributed by atoms with van der Waals surface area (Å²) in [5.74, 6) is 0. The highest BCUT2D eigenvalue weighted by atomic mass is 15.2. The summed E-state index contributed by atoms with van der Waals surface area (Å²) in [7, 11) is 4.26. The minimum atomic E-state index is 1.00. The van der Waals surface area contributed by atoms with E-state index in [1.165, 1.54) is 16.7 Å². The van der Waals surface area contributed by atoms with E-state index >= 15 is 0 Å². The first-order valence-electron chi connectivity index (χ1n) is 7.60. The largest absolute Gasteiger partial charge is 0.308 e. The quantitative estimate of drug-likeness (QED) is 0.766. The second-order valence-electron chi connectivity index (χ2n) is 5.99. The molecule has 0 fully saturated rings. The van der Waals surface area contributed by atoms with Crippen molar-refractivity contribution in [2.45, 2.75) is 20.0 Å². The van der Waals surface area contributed by atoms with Gasteiger partial charge >= 0.3 is 0 Å². The lowest BCUT2D eigenvalue weighted by atomic mass is 10.1. The Labute approximate surface area is 129 Å². The van der Waals surface area contributed by atoms with Crippen molar-refractivity contribution in [3.05, 3.63) is 71.3 Å². The van der Waals surface area contributed by atoms with Crippen LogP contribution < -0.4 is 0 Å². The molecule has 2 aromatic rings. The van der Waals surface area contributed by atoms with Crippen LogP contribution in [0, 0.1) is 6.92 Å². The molecule has 0 heterocycles. The van der Waals surface area contributed by atoms with Gasteiger partial charge in [-0.15, -0.1) is 0 Å². The molecule has 21 heavy (non-hydrogen) atoms. The van der Waals surface area contributed by atoms with Crippen LogP contribution in [0.3, 0.4) is 0 Å². The van der Waals surface area contributed by atoms with Crippen molar-refractivity contribution in [3.63, 3.8) is 0 Å². The van der Waals surface area contributed by atoms with Crippen LogP contribution in [0.4, 0.5) is 0 Å². The molecule has 0 aliphatic heterocycles. The molecule has 0 unspecified atom stereocenters. The van der Waals surface area contributed by atoms with Gasteiger partial charge in [-0.25, -0.2) is 0 Å². The van der Waals surface area contributed by atoms with Crippen LogP contribution in [-0.4, -0.2) is 37.0 Å². The van der Waals surface area contributed by atoms with Gasteiger partial charge in [-0.3, -0.25) is 4.90 Å². The van der Waals surface area contributed by atoms with E-state index in [9.17, 15) is 0 Å². The summed E-state index contributed by atoms with van der Waals surface area (Å²) in [4.78, 5) is 4.76. The molecule has 2 heteroatoms. The maximum absolute atomic E-state index is 2.52. The molecule has 0 bridgehead atoms. The normalized spacial score (nSPS) is 11.3. The molecule has 2 nitrogen and oxygen atoms in total. The Balaban J connectivity index is 2.04. The average molecular weight is 282 g/mol. The van der Waals surface area contributed by atoms with Crippen LogP contribution in [0.5, 0.6) is 0 Å². The molecule has 0 aliphatic carbocycles. The van der Waals surface area contributed by atoms with Crippen molar-refractivity contribution in [1.29, 1.82) is 0 Å². The number of aryl methyl sites for hydroxylation is 1. The highest BCUT2D eigenvalue weighted by molar-refractivity contribution is 5.22. The standard InChI is InChI=1S/C19H26N2/c1-17-8-7-11-19(14-17)16-21(13-12-20(2)3)15-18-9-5-4-6-10-18/h4-11,14H,12-13,15-16H2,1-3H3. The van der Waals surface area contributed by atoms with E-state index in [2.05, 4.69) is 85.4 Å². The van der Waals surface area contributed by atoms with E-state index < -0.39 is 0 Å². The lowest BCUT2D eigenvalue weighted by Gasteiger charge is -2.24. The molecule has 112 valence electrons. The number of nitrogens with zero attached hydrogens (tertiary/aromatic N) is 2. The van der Waals surface area contributed by atoms with Crippen LogP contribution in [0.15, 0.2) is 54.6 Å². The summed E-state index contributed by atoms with van der Waals surface area (Å²) in [6, 6.07) is 19.5. The Kier molecular flexibility index (Phi) is 5.97. The van der Waals surface area contributed by atoms with Gasteiger partial charge in [0.05, 0.1) is 0 Å². The molecule has 0 radical (unpaired) electrons. The first-order valence-corrected chi connectivity index (χ1v) is 7.60. The summed E-state index contributed by atoms with van der Waals surface area (Å²) in [6.45, 7) is 6.33. The van der Waals surface area contributed by atoms with Gasteiger partial charge in [0.15, 0.2) is 0 Å². The number of hydrogen-bond donors (Lipinski definition) is 0. The molecule has 0 saturated carbocycles. The summed E-state index contributed by atoms with van der Waals surface area (Å²) < 4.78 is 0. The van der Waals surface area contributed by atoms with Crippen LogP contribution >= 0.6 is 0 Å². The number of benzene rings is 2. The third-order valence-electron chi connectivity index (χ3n) is 3.60. The van der Waals surface area contributed by atoms with Gasteiger partial charge < -0.3 is 4.90 Å². The van der Waals surface area contributed by atoms with E-state index in [0.717, 1.165) is 26.2 Å². The maximum atomic E-state index is 2.52. The summed E-state index contributed by atoms with van der Waals surface area (Å²) in [5.41, 5.74) is 4.10. The topological polar surface area (TPSA) is 6.48 Å². The zero-order chi connectivity index (χ0) is 15.1. The molecule has 0 atom stereocenters. The van der Waals surface area contributed by atoms with Gasteiger partial charge in [-0.2, -0.15) is 0 Å². The van der Waals surface area contributed by atoms with Gasteiger partial charge in [-0.05, 0) is 32.1 Å². The first-order chi connectivity index (χ1) is 10.1. The van der Waals surface area contributed by atoms with Crippen molar-refractivity contribution in [3.8, 4) is 0 Å². The monoisotopic (exact) mass is 282 g/mol. The highest BCUT2D eigenvalue weighted by Crippen LogP contribution is 2.11. The molecule has 0 aromatic heterocycles. The van der Waals surface area contributed by atoms with E-state index in [0.29, 0.717) is 0 Å². The summed E-state index contributed by atoms with van der Waals surface area (Å²) in [6.07, 6.45) is 0. The van der Waals surface area contributed by atoms with Crippen LogP contribution in [-0.2, 0) is 13.1 Å². The third-order valence-corrected chi connectivity index (χ3v) is 3.60. The maximum Gasteiger partial charge on any atom is 0.0237 e. The van der Waals surface area contributed by atoms with Gasteiger partial charge in [0.1, 0.15) is 0 Å². The second-order valence-corrected chi connectivity index (χ2v) is 5.99. The minimum Gasteiger partial charge on any atom is -0.308 e. The average Bonchev–Trinajstić information content (AvgIpc) is 2.46. The predicted octanol–water partition coefficient (Wildman–Crippen LogP) is 3.56. The summed E-state index contributed by atoms with van der Waals surface area (Å²) >= 11 is 0. The molecule has 2 rings (SSSR count). The third kappa shape index (κ3) is 5.70. The van der Waals surface area contributed by atoms with Crippen molar-refractivity contribution < 1.29 is 0 Å². The SMILES string of the molecule is Cc1cccc(CN(CCN(C)C)Cc2ccccc2)c1. The number of hydrogen-bond acceptors (Lipinski definition) is 2. The molecule has 0 N–H and O–H groups in total. The molecular formula is C19H26N2. The zero-order valence-electron chi connectivity index (χ0n) is 13.4. The van der Waals surface area contributed by atoms with E-state index in [-0.39, 0.29) is 0 Å². The lowest BCUT2D eigenvalue weighted by molar-refractivity contribution is 0.226. The summed E-state index contributed by atoms with van der Waals surface area (Å²) in [5, 5.41) is 0. The number of rotatable bonds is 7. The van der Waals surface area contributed by atoms with Gasteiger partial charge in [-0.1, -0.05) is 60.2 Å². The predicted molar refractivity (Wildman–Crippen MR) is 90.3 cm³/mol. The van der Waals surface area contributed by atoms with Crippen LogP contribution in [0.2, 0.25) is 0 Å². The zero-order valence-corrected chi connectivity index (χ0v) is 13.4. The Hall–Kier alpha value is -1.64. The van der Waals surface area contributed by atoms with Gasteiger partial charge in [0.2, 0.25) is 0 Å². The van der Waals surface area contributed by atoms with Gasteiger partial charge in [0, 0.05) is 26.2 Å². The number of likely N-dealkylation sites (N-methyl/N-ethyl adjacent to an activating group) is 1. The van der Waals surface area contributed by atoms with Crippen molar-refractivity contribution in [2.75, 3.05) is 27.2 Å². The molecule has 2 aromatic carbocycles. The van der Waals surface area contributed by atoms with Gasteiger partial charge in [0.25, 0.3) is 0 Å². The van der Waals surface area contributed by atoms with Crippen LogP contribution in [0.25, 0.3) is 0 Å². The minimum absolute atomic E-state index is 1.00. The van der Waals surface area contributed by atoms with Crippen molar-refractivity contribution in [2.24, 2.45) is 0 Å². The Morgan fingerprint density at radius 3 is 2.10 bits per heavy atom. The smallest absolute Gasteiger partial charge is 0.0237 e. The van der Waals surface area contributed by atoms with Crippen LogP contribution in [0.1, 0.15) is 16.7 Å². The Morgan fingerprint density at radius 1 is 0.762 bits per heavy atom. The molecule has 0 amide bonds. The molecular weight excluding hydrogens is 256 g/mol. The lowest BCUT2D eigenvalue weighted by Crippen LogP contribution is -2.31. The molecule has 0 saturated heterocycles. The molecule has 0 aliphatic rings. The first kappa shape index (κ1) is 15.7. The fourth-order valence-corrected chi connectivity index (χ4v) is 2.47. The van der Waals surface area contributed by atoms with E-state index in [1.54, 1.807) is 0 Å². The fourth-order valence-electron chi connectivity index (χ4n) is 2.47. The fraction of sp³-hybridized carbons (Fsp3) is 0.368. The molecule has 0 spiro atoms. The Morgan fingerprint density at radius 2 is 1.43 bits per heavy atom. The van der Waals surface area contributed by atoms with E-state index in [1.807, 2.05) is 0 Å².